The largest absolute Gasteiger partial charge is 0.396 e. The molecule has 1 N–H and O–H groups in total. The van der Waals surface area contributed by atoms with Crippen LogP contribution in [0.3, 0.4) is 0 Å². The molecule has 0 radical (unpaired) electrons. The molecule has 1 aliphatic rings. The molecule has 0 unspecified atom stereocenters. The molecular weight excluding hydrogens is 204 g/mol. The molecule has 3 nitrogen and oxygen atoms in total. The minimum absolute atomic E-state index is 0.0351. The first kappa shape index (κ1) is 11.3. The van der Waals surface area contributed by atoms with Crippen molar-refractivity contribution >= 4 is 0 Å². The van der Waals surface area contributed by atoms with Crippen LogP contribution in [-0.4, -0.2) is 17.8 Å². The van der Waals surface area contributed by atoms with Gasteiger partial charge in [0.1, 0.15) is 12.2 Å². The van der Waals surface area contributed by atoms with Crippen LogP contribution >= 0.6 is 0 Å². The van der Waals surface area contributed by atoms with E-state index < -0.39 is 0 Å². The third-order valence-corrected chi connectivity index (χ3v) is 2.56. The third-order valence-electron chi connectivity index (χ3n) is 2.56. The van der Waals surface area contributed by atoms with E-state index in [9.17, 15) is 0 Å². The predicted molar refractivity (Wildman–Crippen MR) is 60.6 cm³/mol. The third kappa shape index (κ3) is 2.92. The predicted octanol–water partition coefficient (Wildman–Crippen LogP) is 2.39. The second kappa shape index (κ2) is 5.80. The molecule has 1 aliphatic heterocycles. The molecule has 0 bridgehead atoms. The Morgan fingerprint density at radius 3 is 2.50 bits per heavy atom. The van der Waals surface area contributed by atoms with Gasteiger partial charge in [0.05, 0.1) is 0 Å². The molecule has 0 saturated heterocycles. The topological polar surface area (TPSA) is 38.7 Å². The molecule has 0 aromatic heterocycles. The molecular formula is C13H16O3. The Morgan fingerprint density at radius 1 is 1.06 bits per heavy atom. The average Bonchev–Trinajstić information content (AvgIpc) is 2.38. The quantitative estimate of drug-likeness (QED) is 0.625. The van der Waals surface area contributed by atoms with E-state index in [0.29, 0.717) is 0 Å². The van der Waals surface area contributed by atoms with E-state index in [1.54, 1.807) is 0 Å². The first-order chi connectivity index (χ1) is 7.90. The van der Waals surface area contributed by atoms with Crippen molar-refractivity contribution in [2.45, 2.75) is 25.0 Å². The van der Waals surface area contributed by atoms with Gasteiger partial charge in [-0.2, -0.15) is 0 Å². The molecule has 1 heterocycles. The summed E-state index contributed by atoms with van der Waals surface area (Å²) in [6, 6.07) is 9.94. The lowest BCUT2D eigenvalue weighted by molar-refractivity contribution is -0.343. The molecule has 1 aromatic carbocycles. The molecule has 0 saturated carbocycles. The van der Waals surface area contributed by atoms with E-state index >= 15 is 0 Å². The van der Waals surface area contributed by atoms with Gasteiger partial charge in [-0.3, -0.25) is 0 Å². The van der Waals surface area contributed by atoms with Crippen molar-refractivity contribution in [2.75, 3.05) is 6.61 Å². The average molecular weight is 220 g/mol. The zero-order chi connectivity index (χ0) is 11.2. The molecule has 0 amide bonds. The number of aliphatic hydroxyl groups excluding tert-OH is 1. The minimum atomic E-state index is -0.119. The molecule has 16 heavy (non-hydrogen) atoms. The number of benzene rings is 1. The lowest BCUT2D eigenvalue weighted by Crippen LogP contribution is -2.18. The lowest BCUT2D eigenvalue weighted by atomic mass is 10.1. The van der Waals surface area contributed by atoms with E-state index in [4.69, 9.17) is 14.9 Å². The van der Waals surface area contributed by atoms with Crippen LogP contribution in [-0.2, 0) is 9.78 Å². The van der Waals surface area contributed by atoms with Gasteiger partial charge in [-0.05, 0) is 24.5 Å². The van der Waals surface area contributed by atoms with Crippen LogP contribution in [0.2, 0.25) is 0 Å². The summed E-state index contributed by atoms with van der Waals surface area (Å²) in [7, 11) is 0. The number of aliphatic hydroxyl groups is 1. The summed E-state index contributed by atoms with van der Waals surface area (Å²) in [5, 5.41) is 8.71. The normalized spacial score (nSPS) is 24.6. The maximum Gasteiger partial charge on any atom is 0.136 e. The summed E-state index contributed by atoms with van der Waals surface area (Å²) < 4.78 is 0. The van der Waals surface area contributed by atoms with Gasteiger partial charge in [-0.1, -0.05) is 36.4 Å². The zero-order valence-electron chi connectivity index (χ0n) is 9.08. The number of hydrogen-bond acceptors (Lipinski definition) is 3. The zero-order valence-corrected chi connectivity index (χ0v) is 9.08. The fraction of sp³-hybridized carbons (Fsp3) is 0.385. The highest BCUT2D eigenvalue weighted by atomic mass is 17.2. The molecule has 0 spiro atoms. The molecule has 1 aromatic rings. The van der Waals surface area contributed by atoms with Crippen molar-refractivity contribution in [1.82, 2.24) is 0 Å². The van der Waals surface area contributed by atoms with E-state index in [1.807, 2.05) is 42.5 Å². The summed E-state index contributed by atoms with van der Waals surface area (Å²) >= 11 is 0. The second-order valence-corrected chi connectivity index (χ2v) is 3.81. The summed E-state index contributed by atoms with van der Waals surface area (Å²) in [6.07, 6.45) is 5.36. The van der Waals surface area contributed by atoms with Crippen LogP contribution in [0.1, 0.15) is 24.5 Å². The van der Waals surface area contributed by atoms with Crippen molar-refractivity contribution in [1.29, 1.82) is 0 Å². The summed E-state index contributed by atoms with van der Waals surface area (Å²) in [5.74, 6) is 0. The summed E-state index contributed by atoms with van der Waals surface area (Å²) in [6.45, 7) is 0.190. The van der Waals surface area contributed by atoms with Crippen molar-refractivity contribution in [3.8, 4) is 0 Å². The summed E-state index contributed by atoms with van der Waals surface area (Å²) in [5.41, 5.74) is 1.08. The fourth-order valence-corrected chi connectivity index (χ4v) is 1.67. The van der Waals surface area contributed by atoms with Crippen LogP contribution in [0, 0.1) is 0 Å². The minimum Gasteiger partial charge on any atom is -0.396 e. The number of hydrogen-bond donors (Lipinski definition) is 1. The van der Waals surface area contributed by atoms with Gasteiger partial charge in [0.2, 0.25) is 0 Å². The molecule has 2 atom stereocenters. The van der Waals surface area contributed by atoms with Gasteiger partial charge in [-0.15, -0.1) is 0 Å². The van der Waals surface area contributed by atoms with E-state index in [-0.39, 0.29) is 18.8 Å². The van der Waals surface area contributed by atoms with E-state index in [2.05, 4.69) is 0 Å². The molecule has 0 aliphatic carbocycles. The standard InChI is InChI=1S/C13H16O3/c14-10-4-7-12-8-9-13(16-15-12)11-5-2-1-3-6-11/h1-3,5-6,8-9,12-14H,4,7,10H2/t12-,13-/m0/s1. The Bertz CT molecular complexity index is 334. The number of rotatable bonds is 4. The van der Waals surface area contributed by atoms with Crippen LogP contribution < -0.4 is 0 Å². The molecule has 86 valence electrons. The Balaban J connectivity index is 1.92. The Kier molecular flexibility index (Phi) is 4.10. The molecule has 0 fully saturated rings. The van der Waals surface area contributed by atoms with E-state index in [1.165, 1.54) is 0 Å². The maximum absolute atomic E-state index is 8.71. The Labute approximate surface area is 95.2 Å². The van der Waals surface area contributed by atoms with Crippen molar-refractivity contribution in [2.24, 2.45) is 0 Å². The second-order valence-electron chi connectivity index (χ2n) is 3.81. The fourth-order valence-electron chi connectivity index (χ4n) is 1.67. The highest BCUT2D eigenvalue weighted by Gasteiger charge is 2.18. The molecule has 2 rings (SSSR count). The monoisotopic (exact) mass is 220 g/mol. The van der Waals surface area contributed by atoms with Gasteiger partial charge < -0.3 is 5.11 Å². The van der Waals surface area contributed by atoms with Crippen LogP contribution in [0.4, 0.5) is 0 Å². The van der Waals surface area contributed by atoms with Gasteiger partial charge in [0.15, 0.2) is 0 Å². The Morgan fingerprint density at radius 2 is 1.88 bits per heavy atom. The van der Waals surface area contributed by atoms with Gasteiger partial charge >= 0.3 is 0 Å². The highest BCUT2D eigenvalue weighted by molar-refractivity contribution is 5.22. The SMILES string of the molecule is OCCC[C@H]1C=C[C@@H](c2ccccc2)OO1. The van der Waals surface area contributed by atoms with Crippen molar-refractivity contribution in [3.63, 3.8) is 0 Å². The van der Waals surface area contributed by atoms with Crippen LogP contribution in [0.15, 0.2) is 42.5 Å². The molecule has 3 heteroatoms. The lowest BCUT2D eigenvalue weighted by Gasteiger charge is -2.22. The first-order valence-electron chi connectivity index (χ1n) is 5.56. The van der Waals surface area contributed by atoms with Crippen LogP contribution in [0.25, 0.3) is 0 Å². The first-order valence-corrected chi connectivity index (χ1v) is 5.56. The van der Waals surface area contributed by atoms with Gasteiger partial charge in [0.25, 0.3) is 0 Å². The van der Waals surface area contributed by atoms with E-state index in [0.717, 1.165) is 18.4 Å². The smallest absolute Gasteiger partial charge is 0.136 e. The Hall–Kier alpha value is -1.16. The summed E-state index contributed by atoms with van der Waals surface area (Å²) in [4.78, 5) is 10.6. The van der Waals surface area contributed by atoms with Gasteiger partial charge in [-0.25, -0.2) is 9.78 Å². The van der Waals surface area contributed by atoms with Crippen molar-refractivity contribution in [3.05, 3.63) is 48.0 Å². The highest BCUT2D eigenvalue weighted by Crippen LogP contribution is 2.25. The van der Waals surface area contributed by atoms with Gasteiger partial charge in [0, 0.05) is 6.61 Å². The van der Waals surface area contributed by atoms with Crippen molar-refractivity contribution < 1.29 is 14.9 Å². The maximum atomic E-state index is 8.71. The van der Waals surface area contributed by atoms with Crippen LogP contribution in [0.5, 0.6) is 0 Å².